The minimum Gasteiger partial charge on any atom is -0.497 e. The van der Waals surface area contributed by atoms with E-state index in [1.165, 1.54) is 25.4 Å². The number of hydrogen-bond acceptors (Lipinski definition) is 6. The molecule has 0 bridgehead atoms. The van der Waals surface area contributed by atoms with E-state index in [9.17, 15) is 9.59 Å². The number of benzene rings is 2. The third-order valence-corrected chi connectivity index (χ3v) is 4.52. The fourth-order valence-corrected chi connectivity index (χ4v) is 3.30. The minimum absolute atomic E-state index is 0.209. The van der Waals surface area contributed by atoms with Crippen LogP contribution in [0.3, 0.4) is 0 Å². The molecule has 0 saturated carbocycles. The van der Waals surface area contributed by atoms with Gasteiger partial charge >= 0.3 is 6.03 Å². The van der Waals surface area contributed by atoms with Crippen LogP contribution in [0.2, 0.25) is 0 Å². The zero-order valence-corrected chi connectivity index (χ0v) is 15.8. The first-order chi connectivity index (χ1) is 13.0. The molecule has 0 atom stereocenters. The highest BCUT2D eigenvalue weighted by Gasteiger charge is 2.11. The van der Waals surface area contributed by atoms with E-state index in [-0.39, 0.29) is 5.91 Å². The van der Waals surface area contributed by atoms with Gasteiger partial charge in [-0.15, -0.1) is 0 Å². The number of carbonyl (C=O) groups excluding carboxylic acids is 2. The maximum absolute atomic E-state index is 12.3. The third kappa shape index (κ3) is 4.45. The number of urea groups is 1. The van der Waals surface area contributed by atoms with Crippen molar-refractivity contribution in [1.82, 2.24) is 4.98 Å². The second-order valence-corrected chi connectivity index (χ2v) is 6.56. The molecule has 0 radical (unpaired) electrons. The number of anilines is 3. The largest absolute Gasteiger partial charge is 0.497 e. The fraction of sp³-hybridized carbons (Fsp3) is 0.167. The summed E-state index contributed by atoms with van der Waals surface area (Å²) in [7, 11) is 3.08. The van der Waals surface area contributed by atoms with E-state index >= 15 is 0 Å². The number of fused-ring (bicyclic) bond motifs is 1. The van der Waals surface area contributed by atoms with Gasteiger partial charge in [-0.1, -0.05) is 11.3 Å². The lowest BCUT2D eigenvalue weighted by Crippen LogP contribution is -2.19. The van der Waals surface area contributed by atoms with Crippen LogP contribution in [0.15, 0.2) is 36.4 Å². The first-order valence-corrected chi connectivity index (χ1v) is 8.78. The summed E-state index contributed by atoms with van der Waals surface area (Å²) in [6.45, 7) is 1.41. The molecule has 3 amide bonds. The molecule has 3 aromatic rings. The summed E-state index contributed by atoms with van der Waals surface area (Å²) in [4.78, 5) is 27.8. The lowest BCUT2D eigenvalue weighted by molar-refractivity contribution is -0.114. The van der Waals surface area contributed by atoms with Gasteiger partial charge < -0.3 is 20.1 Å². The molecular formula is C18H18N4O4S. The number of aromatic nitrogens is 1. The van der Waals surface area contributed by atoms with E-state index in [2.05, 4.69) is 20.9 Å². The molecule has 0 saturated heterocycles. The Balaban J connectivity index is 1.71. The summed E-state index contributed by atoms with van der Waals surface area (Å²) in [6.07, 6.45) is 0. The van der Waals surface area contributed by atoms with Gasteiger partial charge in [0.05, 0.1) is 30.1 Å². The Morgan fingerprint density at radius 3 is 2.52 bits per heavy atom. The van der Waals surface area contributed by atoms with Gasteiger partial charge in [-0.05, 0) is 30.3 Å². The van der Waals surface area contributed by atoms with Crippen LogP contribution in [-0.4, -0.2) is 31.1 Å². The summed E-state index contributed by atoms with van der Waals surface area (Å²) in [5.74, 6) is 0.961. The van der Waals surface area contributed by atoms with E-state index in [0.717, 1.165) is 16.0 Å². The highest BCUT2D eigenvalue weighted by molar-refractivity contribution is 7.22. The van der Waals surface area contributed by atoms with Crippen LogP contribution < -0.4 is 25.4 Å². The Kier molecular flexibility index (Phi) is 5.41. The Bertz CT molecular complexity index is 1000. The van der Waals surface area contributed by atoms with E-state index < -0.39 is 6.03 Å². The van der Waals surface area contributed by atoms with Crippen molar-refractivity contribution < 1.29 is 19.1 Å². The van der Waals surface area contributed by atoms with Crippen molar-refractivity contribution in [3.05, 3.63) is 36.4 Å². The molecule has 0 aliphatic heterocycles. The number of nitrogens with zero attached hydrogens (tertiary/aromatic N) is 1. The van der Waals surface area contributed by atoms with E-state index in [1.54, 1.807) is 25.3 Å². The van der Waals surface area contributed by atoms with Gasteiger partial charge in [-0.2, -0.15) is 0 Å². The predicted octanol–water partition coefficient (Wildman–Crippen LogP) is 3.92. The van der Waals surface area contributed by atoms with Gasteiger partial charge in [0.1, 0.15) is 11.5 Å². The topological polar surface area (TPSA) is 102 Å². The molecule has 9 heteroatoms. The summed E-state index contributed by atoms with van der Waals surface area (Å²) in [6, 6.07) is 10.0. The van der Waals surface area contributed by atoms with Crippen molar-refractivity contribution >= 4 is 50.0 Å². The number of carbonyl (C=O) groups is 2. The molecule has 0 aliphatic rings. The summed E-state index contributed by atoms with van der Waals surface area (Å²) < 4.78 is 11.3. The Hall–Kier alpha value is -3.33. The van der Waals surface area contributed by atoms with Gasteiger partial charge in [0.25, 0.3) is 0 Å². The highest BCUT2D eigenvalue weighted by Crippen LogP contribution is 2.30. The molecule has 0 aliphatic carbocycles. The monoisotopic (exact) mass is 386 g/mol. The summed E-state index contributed by atoms with van der Waals surface area (Å²) in [5.41, 5.74) is 1.81. The number of amides is 3. The Morgan fingerprint density at radius 1 is 1.00 bits per heavy atom. The summed E-state index contributed by atoms with van der Waals surface area (Å²) >= 11 is 1.35. The number of thiazole rings is 1. The fourth-order valence-electron chi connectivity index (χ4n) is 2.41. The lowest BCUT2D eigenvalue weighted by atomic mass is 10.2. The lowest BCUT2D eigenvalue weighted by Gasteiger charge is -2.11. The minimum atomic E-state index is -0.435. The highest BCUT2D eigenvalue weighted by atomic mass is 32.1. The van der Waals surface area contributed by atoms with Crippen molar-refractivity contribution in [3.8, 4) is 11.5 Å². The standard InChI is InChI=1S/C18H18N4O4S/c1-10(23)19-13-6-4-11(8-15(13)26-3)20-17(24)22-18-21-14-7-5-12(25-2)9-16(14)27-18/h4-9H,1-3H3,(H,19,23)(H2,20,21,22,24). The number of rotatable bonds is 5. The van der Waals surface area contributed by atoms with Crippen molar-refractivity contribution in [2.75, 3.05) is 30.2 Å². The van der Waals surface area contributed by atoms with Crippen LogP contribution in [0.4, 0.5) is 21.3 Å². The van der Waals surface area contributed by atoms with Gasteiger partial charge in [0, 0.05) is 18.7 Å². The van der Waals surface area contributed by atoms with Gasteiger partial charge in [0.2, 0.25) is 5.91 Å². The Labute approximate surface area is 159 Å². The molecule has 27 heavy (non-hydrogen) atoms. The number of ether oxygens (including phenoxy) is 2. The number of hydrogen-bond donors (Lipinski definition) is 3. The molecule has 1 aromatic heterocycles. The normalized spacial score (nSPS) is 10.3. The molecule has 3 rings (SSSR count). The second kappa shape index (κ2) is 7.92. The number of nitrogens with one attached hydrogen (secondary N) is 3. The quantitative estimate of drug-likeness (QED) is 0.617. The van der Waals surface area contributed by atoms with E-state index in [4.69, 9.17) is 9.47 Å². The summed E-state index contributed by atoms with van der Waals surface area (Å²) in [5, 5.41) is 8.55. The van der Waals surface area contributed by atoms with Crippen LogP contribution in [0.25, 0.3) is 10.2 Å². The SMILES string of the molecule is COc1ccc2nc(NC(=O)Nc3ccc(NC(C)=O)c(OC)c3)sc2c1. The van der Waals surface area contributed by atoms with Gasteiger partial charge in [-0.3, -0.25) is 10.1 Å². The van der Waals surface area contributed by atoms with Crippen molar-refractivity contribution in [2.45, 2.75) is 6.92 Å². The van der Waals surface area contributed by atoms with Gasteiger partial charge in [-0.25, -0.2) is 9.78 Å². The zero-order chi connectivity index (χ0) is 19.4. The number of methoxy groups -OCH3 is 2. The molecule has 140 valence electrons. The Morgan fingerprint density at radius 2 is 1.81 bits per heavy atom. The van der Waals surface area contributed by atoms with Crippen LogP contribution in [-0.2, 0) is 4.79 Å². The first kappa shape index (κ1) is 18.5. The van der Waals surface area contributed by atoms with Crippen LogP contribution >= 0.6 is 11.3 Å². The maximum Gasteiger partial charge on any atom is 0.325 e. The van der Waals surface area contributed by atoms with E-state index in [0.29, 0.717) is 22.3 Å². The molecule has 2 aromatic carbocycles. The van der Waals surface area contributed by atoms with Crippen molar-refractivity contribution in [3.63, 3.8) is 0 Å². The predicted molar refractivity (Wildman–Crippen MR) is 106 cm³/mol. The second-order valence-electron chi connectivity index (χ2n) is 5.53. The molecule has 0 fully saturated rings. The van der Waals surface area contributed by atoms with Crippen molar-refractivity contribution in [2.24, 2.45) is 0 Å². The molecule has 1 heterocycles. The van der Waals surface area contributed by atoms with Crippen LogP contribution in [0.5, 0.6) is 11.5 Å². The average Bonchev–Trinajstić information content (AvgIpc) is 3.03. The smallest absolute Gasteiger partial charge is 0.325 e. The maximum atomic E-state index is 12.3. The third-order valence-electron chi connectivity index (χ3n) is 3.59. The van der Waals surface area contributed by atoms with Crippen LogP contribution in [0.1, 0.15) is 6.92 Å². The molecule has 0 spiro atoms. The molecule has 3 N–H and O–H groups in total. The van der Waals surface area contributed by atoms with Crippen molar-refractivity contribution in [1.29, 1.82) is 0 Å². The van der Waals surface area contributed by atoms with Crippen LogP contribution in [0, 0.1) is 0 Å². The zero-order valence-electron chi connectivity index (χ0n) is 15.0. The molecular weight excluding hydrogens is 368 g/mol. The van der Waals surface area contributed by atoms with Gasteiger partial charge in [0.15, 0.2) is 5.13 Å². The average molecular weight is 386 g/mol. The molecule has 8 nitrogen and oxygen atoms in total. The first-order valence-electron chi connectivity index (χ1n) is 7.96. The molecule has 0 unspecified atom stereocenters. The van der Waals surface area contributed by atoms with E-state index in [1.807, 2.05) is 18.2 Å².